The number of likely N-dealkylation sites (tertiary alicyclic amines) is 1. The first-order valence-corrected chi connectivity index (χ1v) is 17.3. The highest BCUT2D eigenvalue weighted by atomic mass is 16.5. The number of aryl methyl sites for hydroxylation is 1. The lowest BCUT2D eigenvalue weighted by atomic mass is 9.85. The highest BCUT2D eigenvalue weighted by Crippen LogP contribution is 2.41. The van der Waals surface area contributed by atoms with Gasteiger partial charge in [0, 0.05) is 66.3 Å². The van der Waals surface area contributed by atoms with Crippen LogP contribution in [0.25, 0.3) is 33.5 Å². The summed E-state index contributed by atoms with van der Waals surface area (Å²) in [6.45, 7) is 1.56. The van der Waals surface area contributed by atoms with E-state index >= 15 is 0 Å². The summed E-state index contributed by atoms with van der Waals surface area (Å²) >= 11 is 0. The van der Waals surface area contributed by atoms with Crippen molar-refractivity contribution in [3.05, 3.63) is 83.0 Å². The normalized spacial score (nSPS) is 24.0. The number of nitrogens with zero attached hydrogens (tertiary/aromatic N) is 5. The largest absolute Gasteiger partial charge is 0.494 e. The van der Waals surface area contributed by atoms with E-state index in [1.807, 2.05) is 36.2 Å². The van der Waals surface area contributed by atoms with Crippen LogP contribution in [0.4, 0.5) is 0 Å². The number of carbonyl (C=O) groups excluding carboxylic acids is 3. The number of esters is 1. The molecule has 2 amide bonds. The summed E-state index contributed by atoms with van der Waals surface area (Å²) < 4.78 is 15.3. The van der Waals surface area contributed by atoms with Crippen molar-refractivity contribution in [1.82, 2.24) is 19.0 Å². The highest BCUT2D eigenvalue weighted by Gasteiger charge is 2.47. The molecule has 5 aliphatic rings. The predicted molar refractivity (Wildman–Crippen MR) is 189 cm³/mol. The number of piperidine rings is 1. The van der Waals surface area contributed by atoms with Gasteiger partial charge in [0.2, 0.25) is 0 Å². The van der Waals surface area contributed by atoms with E-state index in [9.17, 15) is 14.4 Å². The Kier molecular flexibility index (Phi) is 7.00. The zero-order valence-corrected chi connectivity index (χ0v) is 28.3. The van der Waals surface area contributed by atoms with Crippen molar-refractivity contribution in [2.24, 2.45) is 29.6 Å². The molecule has 1 saturated heterocycles. The molecule has 3 fully saturated rings. The number of aromatic nitrogens is 3. The molecule has 50 heavy (non-hydrogen) atoms. The van der Waals surface area contributed by atoms with E-state index in [1.54, 1.807) is 13.2 Å². The lowest BCUT2D eigenvalue weighted by Crippen LogP contribution is -2.41. The topological polar surface area (TPSA) is 134 Å². The van der Waals surface area contributed by atoms with Gasteiger partial charge in [-0.1, -0.05) is 24.3 Å². The Hall–Kier alpha value is -5.29. The lowest BCUT2D eigenvalue weighted by molar-refractivity contribution is -0.136. The number of aliphatic imine (C=N–C) groups is 1. The van der Waals surface area contributed by atoms with Crippen LogP contribution in [0.3, 0.4) is 0 Å². The Bertz CT molecular complexity index is 2280. The van der Waals surface area contributed by atoms with Crippen molar-refractivity contribution >= 4 is 45.4 Å². The monoisotopic (exact) mass is 670 g/mol. The molecule has 2 saturated carbocycles. The third kappa shape index (κ3) is 4.78. The molecule has 2 bridgehead atoms. The predicted octanol–water partition coefficient (Wildman–Crippen LogP) is 4.84. The van der Waals surface area contributed by atoms with Crippen molar-refractivity contribution in [2.75, 3.05) is 20.8 Å². The van der Waals surface area contributed by atoms with Crippen LogP contribution >= 0.6 is 0 Å². The molecule has 3 aliphatic carbocycles. The summed E-state index contributed by atoms with van der Waals surface area (Å²) in [4.78, 5) is 49.7. The van der Waals surface area contributed by atoms with Gasteiger partial charge in [0.25, 0.3) is 11.8 Å². The number of dihydropyridines is 1. The third-order valence-corrected chi connectivity index (χ3v) is 11.3. The van der Waals surface area contributed by atoms with Crippen LogP contribution in [-0.4, -0.2) is 75.4 Å². The molecule has 11 nitrogen and oxygen atoms in total. The zero-order chi connectivity index (χ0) is 34.4. The van der Waals surface area contributed by atoms with E-state index in [-0.39, 0.29) is 29.5 Å². The Morgan fingerprint density at radius 3 is 2.62 bits per heavy atom. The van der Waals surface area contributed by atoms with Gasteiger partial charge < -0.3 is 29.2 Å². The summed E-state index contributed by atoms with van der Waals surface area (Å²) in [5.74, 6) is 1.17. The lowest BCUT2D eigenvalue weighted by Gasteiger charge is -2.27. The maximum absolute atomic E-state index is 13.8. The van der Waals surface area contributed by atoms with E-state index in [0.717, 1.165) is 52.9 Å². The number of ether oxygens (including phenoxy) is 2. The number of hydrogen-bond donors (Lipinski definition) is 1. The average Bonchev–Trinajstić information content (AvgIpc) is 3.53. The maximum Gasteiger partial charge on any atom is 0.338 e. The quantitative estimate of drug-likeness (QED) is 0.278. The van der Waals surface area contributed by atoms with Crippen LogP contribution in [0.5, 0.6) is 5.75 Å². The van der Waals surface area contributed by atoms with E-state index in [2.05, 4.69) is 38.4 Å². The minimum atomic E-state index is -0.563. The summed E-state index contributed by atoms with van der Waals surface area (Å²) in [5, 5.41) is 1.09. The molecule has 11 heteroatoms. The number of benzene rings is 2. The number of allylic oxidation sites excluding steroid dienone is 3. The second kappa shape index (κ2) is 11.4. The molecule has 9 rings (SSSR count). The van der Waals surface area contributed by atoms with Crippen LogP contribution in [0.15, 0.2) is 76.8 Å². The molecule has 2 N–H and O–H groups in total. The van der Waals surface area contributed by atoms with E-state index in [4.69, 9.17) is 20.2 Å². The number of methoxy groups -OCH3 is 2. The van der Waals surface area contributed by atoms with Crippen molar-refractivity contribution in [3.8, 4) is 17.3 Å². The number of carbonyl (C=O) groups is 3. The van der Waals surface area contributed by atoms with Gasteiger partial charge in [0.05, 0.1) is 36.7 Å². The molecule has 3 unspecified atom stereocenters. The van der Waals surface area contributed by atoms with Crippen LogP contribution in [0.1, 0.15) is 47.5 Å². The smallest absolute Gasteiger partial charge is 0.338 e. The van der Waals surface area contributed by atoms with E-state index in [0.29, 0.717) is 46.5 Å². The van der Waals surface area contributed by atoms with Gasteiger partial charge in [-0.05, 0) is 73.4 Å². The third-order valence-electron chi connectivity index (χ3n) is 11.3. The van der Waals surface area contributed by atoms with Gasteiger partial charge in [0.1, 0.15) is 11.3 Å². The molecule has 4 atom stereocenters. The second-order valence-corrected chi connectivity index (χ2v) is 14.2. The Morgan fingerprint density at radius 1 is 1.06 bits per heavy atom. The van der Waals surface area contributed by atoms with Gasteiger partial charge in [0.15, 0.2) is 5.82 Å². The summed E-state index contributed by atoms with van der Waals surface area (Å²) in [7, 11) is 4.94. The Labute approximate surface area is 288 Å². The van der Waals surface area contributed by atoms with Crippen LogP contribution in [0, 0.1) is 11.8 Å². The minimum Gasteiger partial charge on any atom is -0.494 e. The van der Waals surface area contributed by atoms with E-state index in [1.165, 1.54) is 26.0 Å². The van der Waals surface area contributed by atoms with Gasteiger partial charge in [-0.25, -0.2) is 14.8 Å². The van der Waals surface area contributed by atoms with Crippen LogP contribution in [0.2, 0.25) is 0 Å². The molecular formula is C39H38N6O5. The number of amides is 2. The van der Waals surface area contributed by atoms with Crippen LogP contribution in [-0.2, 0) is 27.9 Å². The van der Waals surface area contributed by atoms with Crippen molar-refractivity contribution in [3.63, 3.8) is 0 Å². The first kappa shape index (κ1) is 30.7. The first-order valence-electron chi connectivity index (χ1n) is 17.3. The zero-order valence-electron chi connectivity index (χ0n) is 28.3. The van der Waals surface area contributed by atoms with Gasteiger partial charge in [-0.15, -0.1) is 0 Å². The molecule has 254 valence electrons. The number of hydrogen-bond acceptors (Lipinski definition) is 7. The summed E-state index contributed by atoms with van der Waals surface area (Å²) in [6, 6.07) is 12.5. The molecule has 2 aromatic carbocycles. The van der Waals surface area contributed by atoms with E-state index < -0.39 is 11.9 Å². The standard InChI is InChI=1S/C39H38N6O5/c1-43-36-29(13-25(16-33(36)49-2)38(47)45-19-24-9-11-30(45)35(24)40)42-37(43)32-15-23-7-6-22(14-31(23)44(32)18-20-4-5-20)21-8-10-28-26(12-21)27(39(48)50-3)17-34(46)41-28/h6-8,10,12-17,20-21,24,30,35H,4-5,9,11,18-19,40H2,1-3H3/t21?,24?,30?,35-/m1/s1. The average molecular weight is 671 g/mol. The molecular weight excluding hydrogens is 632 g/mol. The van der Waals surface area contributed by atoms with Gasteiger partial charge >= 0.3 is 5.97 Å². The number of rotatable bonds is 7. The molecule has 2 aromatic heterocycles. The van der Waals surface area contributed by atoms with Crippen molar-refractivity contribution in [2.45, 2.75) is 50.2 Å². The second-order valence-electron chi connectivity index (χ2n) is 14.2. The van der Waals surface area contributed by atoms with Crippen LogP contribution < -0.4 is 10.5 Å². The fourth-order valence-electron chi connectivity index (χ4n) is 8.45. The number of nitrogens with two attached hydrogens (primary N) is 1. The molecule has 4 heterocycles. The number of imidazole rings is 1. The molecule has 0 spiro atoms. The van der Waals surface area contributed by atoms with Crippen molar-refractivity contribution < 1.29 is 23.9 Å². The maximum atomic E-state index is 13.8. The highest BCUT2D eigenvalue weighted by molar-refractivity contribution is 6.25. The van der Waals surface area contributed by atoms with Gasteiger partial charge in [-0.2, -0.15) is 0 Å². The summed E-state index contributed by atoms with van der Waals surface area (Å²) in [5.41, 5.74) is 13.0. The van der Waals surface area contributed by atoms with Gasteiger partial charge in [-0.3, -0.25) is 9.59 Å². The SMILES string of the molecule is COC(=O)C1=CC(=O)N=C2C=CC(c3ccc4cc(-c5nc6cc(C(=O)N7CC8CCC7[C@@H]8N)cc(OC)c6n5C)n(CC5CC5)c4c3)C=C12. The van der Waals surface area contributed by atoms with Crippen molar-refractivity contribution in [1.29, 1.82) is 0 Å². The number of fused-ring (bicyclic) bond motifs is 5. The Balaban J connectivity index is 1.12. The Morgan fingerprint density at radius 2 is 1.90 bits per heavy atom. The molecule has 4 aromatic rings. The summed E-state index contributed by atoms with van der Waals surface area (Å²) in [6.07, 6.45) is 11.4. The fraction of sp³-hybridized carbons (Fsp3) is 0.359. The molecule has 2 aliphatic heterocycles. The first-order chi connectivity index (χ1) is 24.2. The fourth-order valence-corrected chi connectivity index (χ4v) is 8.45. The minimum absolute atomic E-state index is 0.0189. The molecule has 0 radical (unpaired) electrons.